The van der Waals surface area contributed by atoms with Crippen molar-refractivity contribution in [1.82, 2.24) is 23.3 Å². The molecule has 89 heavy (non-hydrogen) atoms. The van der Waals surface area contributed by atoms with E-state index in [4.69, 9.17) is 17.9 Å². The topological polar surface area (TPSA) is 45.7 Å². The highest BCUT2D eigenvalue weighted by Crippen LogP contribution is 2.44. The van der Waals surface area contributed by atoms with E-state index in [0.29, 0.717) is 28.2 Å². The summed E-state index contributed by atoms with van der Waals surface area (Å²) in [7, 11) is 0. The Hall–Kier alpha value is -11.5. The highest BCUT2D eigenvalue weighted by atomic mass is 16.5. The SMILES string of the molecule is [2H]c1c([2H])c([2H])c(-c2cccc(-c3c([2H])c([2H])c([2H])c([2H])c3[2H])c2-[n+]2[c-]n(-c3cccc(Oc4cc5c(cc4-n4c6ccccc6c6ccccc64)c4ccccc4n5-c4cc(C(C)(C)C)ccn4)c3)c3ccc(-c4ccccc4-n4c5ccccc5c5ccccc54)cc32)c([2H])c1[2H]. The molecule has 0 aliphatic rings. The molecule has 0 aliphatic heterocycles. The lowest BCUT2D eigenvalue weighted by Gasteiger charge is -2.20. The van der Waals surface area contributed by atoms with E-state index in [-0.39, 0.29) is 33.4 Å². The standard InChI is InChI=1S/C82H58N6O/c1-82(2,3)57-46-47-83-80(49-57)88-74-43-21-15-35-67(74)68-51-78(87-72-41-19-13-33-65(72)66-34-14-20-42-73(66)87)79(52-76(68)88)89-59-29-22-28-58(50-59)84-53-85(81-61(54-24-6-4-7-25-54)36-23-37-62(81)55-26-8-5-9-27-55)77-48-56(44-45-75(77)84)60-30-10-16-38-69(60)86-70-39-17-11-31-63(70)64-32-12-18-40-71(64)86/h4-52H,1-3H3/i4D,5D,6D,7D,8D,9D,24D,25D,26D,27D. The molecule has 0 bridgehead atoms. The van der Waals surface area contributed by atoms with Crippen LogP contribution in [0.1, 0.15) is 40.0 Å². The highest BCUT2D eigenvalue weighted by molar-refractivity contribution is 6.13. The van der Waals surface area contributed by atoms with E-state index in [0.717, 1.165) is 99.3 Å². The minimum absolute atomic E-state index is 0.121. The van der Waals surface area contributed by atoms with Crippen LogP contribution in [0, 0.1) is 6.33 Å². The fourth-order valence-electron chi connectivity index (χ4n) is 13.2. The summed E-state index contributed by atoms with van der Waals surface area (Å²) >= 11 is 0. The minimum atomic E-state index is -0.589. The molecule has 7 heteroatoms. The number of benzene rings is 12. The van der Waals surface area contributed by atoms with Crippen LogP contribution in [0.3, 0.4) is 0 Å². The fraction of sp³-hybridized carbons (Fsp3) is 0.0488. The summed E-state index contributed by atoms with van der Waals surface area (Å²) in [5, 5.41) is 6.37. The maximum Gasteiger partial charge on any atom is 0.269 e. The van der Waals surface area contributed by atoms with Crippen LogP contribution in [0.2, 0.25) is 0 Å². The van der Waals surface area contributed by atoms with Gasteiger partial charge in [0.25, 0.3) is 6.33 Å². The van der Waals surface area contributed by atoms with Gasteiger partial charge < -0.3 is 13.9 Å². The largest absolute Gasteiger partial charge is 0.456 e. The van der Waals surface area contributed by atoms with Crippen molar-refractivity contribution in [3.63, 3.8) is 0 Å². The van der Waals surface area contributed by atoms with Crippen LogP contribution >= 0.6 is 0 Å². The summed E-state index contributed by atoms with van der Waals surface area (Å²) in [5.41, 5.74) is 11.8. The van der Waals surface area contributed by atoms with Gasteiger partial charge in [-0.05, 0) is 118 Å². The molecule has 0 N–H and O–H groups in total. The van der Waals surface area contributed by atoms with Crippen molar-refractivity contribution in [1.29, 1.82) is 0 Å². The van der Waals surface area contributed by atoms with Crippen LogP contribution in [0.25, 0.3) is 138 Å². The van der Waals surface area contributed by atoms with Gasteiger partial charge in [0.15, 0.2) is 5.75 Å². The number of ether oxygens (including phenoxy) is 1. The maximum absolute atomic E-state index is 9.48. The van der Waals surface area contributed by atoms with Crippen molar-refractivity contribution in [2.24, 2.45) is 0 Å². The first-order valence-corrected chi connectivity index (χ1v) is 29.6. The molecule has 0 saturated heterocycles. The Morgan fingerprint density at radius 1 is 0.416 bits per heavy atom. The molecule has 12 aromatic carbocycles. The van der Waals surface area contributed by atoms with Crippen LogP contribution in [0.4, 0.5) is 0 Å². The van der Waals surface area contributed by atoms with E-state index in [1.54, 1.807) is 22.8 Å². The Morgan fingerprint density at radius 3 is 1.53 bits per heavy atom. The van der Waals surface area contributed by atoms with Crippen molar-refractivity contribution < 1.29 is 23.0 Å². The third-order valence-corrected chi connectivity index (χ3v) is 17.2. The molecule has 0 saturated carbocycles. The highest BCUT2D eigenvalue weighted by Gasteiger charge is 2.26. The zero-order chi connectivity index (χ0) is 68.0. The second kappa shape index (κ2) is 20.6. The molecule has 5 aromatic heterocycles. The molecule has 17 rings (SSSR count). The molecule has 0 aliphatic carbocycles. The number of hydrogen-bond acceptors (Lipinski definition) is 2. The van der Waals surface area contributed by atoms with E-state index in [9.17, 15) is 5.48 Å². The second-order valence-electron chi connectivity index (χ2n) is 23.4. The van der Waals surface area contributed by atoms with Gasteiger partial charge in [-0.25, -0.2) is 4.98 Å². The Bertz CT molecular complexity index is 6040. The molecule has 7 nitrogen and oxygen atoms in total. The lowest BCUT2D eigenvalue weighted by Crippen LogP contribution is -2.31. The quantitative estimate of drug-likeness (QED) is 0.101. The van der Waals surface area contributed by atoms with Crippen molar-refractivity contribution in [2.75, 3.05) is 0 Å². The first kappa shape index (κ1) is 42.3. The first-order chi connectivity index (χ1) is 47.9. The average Bonchev–Trinajstić information content (AvgIpc) is 1.67. The third kappa shape index (κ3) is 8.49. The predicted molar refractivity (Wildman–Crippen MR) is 366 cm³/mol. The van der Waals surface area contributed by atoms with Crippen molar-refractivity contribution in [3.8, 4) is 73.4 Å². The monoisotopic (exact) mass is 1150 g/mol. The van der Waals surface area contributed by atoms with Crippen LogP contribution in [-0.2, 0) is 5.41 Å². The van der Waals surface area contributed by atoms with E-state index < -0.39 is 60.4 Å². The van der Waals surface area contributed by atoms with Gasteiger partial charge >= 0.3 is 0 Å². The normalized spacial score (nSPS) is 13.6. The molecule has 0 fully saturated rings. The Labute approximate surface area is 529 Å². The summed E-state index contributed by atoms with van der Waals surface area (Å²) in [6.07, 6.45) is 5.54. The van der Waals surface area contributed by atoms with Crippen molar-refractivity contribution in [2.45, 2.75) is 26.2 Å². The van der Waals surface area contributed by atoms with Gasteiger partial charge in [0.05, 0.1) is 80.6 Å². The summed E-state index contributed by atoms with van der Waals surface area (Å²) in [6, 6.07) is 71.5. The molecule has 5 heterocycles. The molecule has 0 radical (unpaired) electrons. The van der Waals surface area contributed by atoms with Gasteiger partial charge in [0.1, 0.15) is 11.6 Å². The van der Waals surface area contributed by atoms with Gasteiger partial charge in [-0.2, -0.15) is 0 Å². The van der Waals surface area contributed by atoms with Crippen molar-refractivity contribution in [3.05, 3.63) is 309 Å². The Kier molecular flexibility index (Phi) is 9.78. The first-order valence-electron chi connectivity index (χ1n) is 34.6. The number of imidazole rings is 1. The molecule has 0 atom stereocenters. The third-order valence-electron chi connectivity index (χ3n) is 17.2. The number of pyridine rings is 1. The number of hydrogen-bond donors (Lipinski definition) is 0. The predicted octanol–water partition coefficient (Wildman–Crippen LogP) is 20.5. The van der Waals surface area contributed by atoms with Crippen LogP contribution in [0.5, 0.6) is 11.5 Å². The van der Waals surface area contributed by atoms with Gasteiger partial charge in [-0.15, -0.1) is 0 Å². The summed E-state index contributed by atoms with van der Waals surface area (Å²) in [6.45, 7) is 6.59. The average molecular weight is 1150 g/mol. The Balaban J connectivity index is 0.932. The summed E-state index contributed by atoms with van der Waals surface area (Å²) in [4.78, 5) is 5.02. The van der Waals surface area contributed by atoms with E-state index in [1.165, 1.54) is 0 Å². The molecule has 0 amide bonds. The summed E-state index contributed by atoms with van der Waals surface area (Å²) in [5.74, 6) is 1.76. The maximum atomic E-state index is 9.48. The second-order valence-corrected chi connectivity index (χ2v) is 23.4. The Morgan fingerprint density at radius 2 is 0.933 bits per heavy atom. The lowest BCUT2D eigenvalue weighted by molar-refractivity contribution is -0.571. The van der Waals surface area contributed by atoms with Gasteiger partial charge in [0, 0.05) is 50.1 Å². The minimum Gasteiger partial charge on any atom is -0.456 e. The molecule has 422 valence electrons. The lowest BCUT2D eigenvalue weighted by atomic mass is 9.88. The molecule has 0 spiro atoms. The molecular weight excluding hydrogens is 1080 g/mol. The molecule has 0 unspecified atom stereocenters. The number of rotatable bonds is 10. The summed E-state index contributed by atoms with van der Waals surface area (Å²) < 4.78 is 109. The number of fused-ring (bicyclic) bond motifs is 10. The smallest absolute Gasteiger partial charge is 0.269 e. The van der Waals surface area contributed by atoms with Crippen LogP contribution in [-0.4, -0.2) is 23.3 Å². The van der Waals surface area contributed by atoms with Gasteiger partial charge in [-0.1, -0.05) is 227 Å². The van der Waals surface area contributed by atoms with Gasteiger partial charge in [-0.3, -0.25) is 13.7 Å². The van der Waals surface area contributed by atoms with E-state index in [2.05, 4.69) is 156 Å². The zero-order valence-electron chi connectivity index (χ0n) is 58.6. The number of nitrogens with zero attached hydrogens (tertiary/aromatic N) is 6. The van der Waals surface area contributed by atoms with Crippen molar-refractivity contribution >= 4 is 76.5 Å². The fourth-order valence-corrected chi connectivity index (χ4v) is 13.2. The number of para-hydroxylation sites is 7. The van der Waals surface area contributed by atoms with E-state index in [1.807, 2.05) is 108 Å². The number of aromatic nitrogens is 6. The molecule has 17 aromatic rings. The van der Waals surface area contributed by atoms with Crippen LogP contribution < -0.4 is 9.30 Å². The van der Waals surface area contributed by atoms with E-state index >= 15 is 0 Å². The zero-order valence-corrected chi connectivity index (χ0v) is 48.6. The van der Waals surface area contributed by atoms with Gasteiger partial charge in [0.2, 0.25) is 0 Å². The van der Waals surface area contributed by atoms with Crippen LogP contribution in [0.15, 0.2) is 297 Å². The molecular formula is C82H58N6O.